The van der Waals surface area contributed by atoms with Crippen LogP contribution in [0.15, 0.2) is 24.5 Å². The standard InChI is InChI=1S/C11H15N3O/c1-14(11(15)9-5-10(9)12)7-8-3-2-4-13-6-8/h2-4,6,9-10H,5,7,12H2,1H3. The van der Waals surface area contributed by atoms with E-state index in [9.17, 15) is 4.79 Å². The molecule has 2 N–H and O–H groups in total. The van der Waals surface area contributed by atoms with E-state index >= 15 is 0 Å². The molecule has 1 amide bonds. The van der Waals surface area contributed by atoms with Crippen molar-refractivity contribution in [3.05, 3.63) is 30.1 Å². The lowest BCUT2D eigenvalue weighted by atomic mass is 10.2. The number of carbonyl (C=O) groups excluding carboxylic acids is 1. The van der Waals surface area contributed by atoms with Gasteiger partial charge in [0.05, 0.1) is 5.92 Å². The molecule has 1 saturated carbocycles. The summed E-state index contributed by atoms with van der Waals surface area (Å²) in [5.41, 5.74) is 6.68. The van der Waals surface area contributed by atoms with Gasteiger partial charge in [0.15, 0.2) is 0 Å². The molecule has 0 aliphatic heterocycles. The molecule has 4 nitrogen and oxygen atoms in total. The number of nitrogens with two attached hydrogens (primary N) is 1. The second-order valence-electron chi connectivity index (χ2n) is 4.06. The summed E-state index contributed by atoms with van der Waals surface area (Å²) < 4.78 is 0. The van der Waals surface area contributed by atoms with Gasteiger partial charge in [-0.05, 0) is 18.1 Å². The van der Waals surface area contributed by atoms with Crippen LogP contribution < -0.4 is 5.73 Å². The first kappa shape index (κ1) is 10.1. The maximum Gasteiger partial charge on any atom is 0.227 e. The van der Waals surface area contributed by atoms with Crippen molar-refractivity contribution >= 4 is 5.91 Å². The van der Waals surface area contributed by atoms with Gasteiger partial charge in [0.2, 0.25) is 5.91 Å². The zero-order valence-corrected chi connectivity index (χ0v) is 8.76. The lowest BCUT2D eigenvalue weighted by molar-refractivity contribution is -0.131. The first-order valence-electron chi connectivity index (χ1n) is 5.08. The minimum absolute atomic E-state index is 0.0478. The fourth-order valence-corrected chi connectivity index (χ4v) is 1.63. The Bertz CT molecular complexity index is 352. The summed E-state index contributed by atoms with van der Waals surface area (Å²) in [7, 11) is 1.81. The Balaban J connectivity index is 1.92. The Hall–Kier alpha value is -1.42. The summed E-state index contributed by atoms with van der Waals surface area (Å²) in [5.74, 6) is 0.193. The average molecular weight is 205 g/mol. The lowest BCUT2D eigenvalue weighted by Crippen LogP contribution is -2.29. The third kappa shape index (κ3) is 2.33. The molecule has 1 aliphatic rings. The Morgan fingerprint density at radius 2 is 2.47 bits per heavy atom. The zero-order chi connectivity index (χ0) is 10.8. The van der Waals surface area contributed by atoms with Crippen LogP contribution in [0.5, 0.6) is 0 Å². The minimum Gasteiger partial charge on any atom is -0.341 e. The number of rotatable bonds is 3. The second-order valence-corrected chi connectivity index (χ2v) is 4.06. The molecular weight excluding hydrogens is 190 g/mol. The quantitative estimate of drug-likeness (QED) is 0.776. The van der Waals surface area contributed by atoms with Crippen molar-refractivity contribution in [2.45, 2.75) is 19.0 Å². The molecule has 0 radical (unpaired) electrons. The van der Waals surface area contributed by atoms with Crippen molar-refractivity contribution in [3.8, 4) is 0 Å². The van der Waals surface area contributed by atoms with Gasteiger partial charge < -0.3 is 10.6 Å². The van der Waals surface area contributed by atoms with Gasteiger partial charge >= 0.3 is 0 Å². The van der Waals surface area contributed by atoms with Crippen molar-refractivity contribution in [2.24, 2.45) is 11.7 Å². The molecule has 1 fully saturated rings. The number of hydrogen-bond acceptors (Lipinski definition) is 3. The number of aromatic nitrogens is 1. The van der Waals surface area contributed by atoms with Crippen molar-refractivity contribution in [2.75, 3.05) is 7.05 Å². The van der Waals surface area contributed by atoms with Crippen LogP contribution in [0.25, 0.3) is 0 Å². The van der Waals surface area contributed by atoms with Gasteiger partial charge in [0, 0.05) is 32.0 Å². The van der Waals surface area contributed by atoms with E-state index in [4.69, 9.17) is 5.73 Å². The van der Waals surface area contributed by atoms with E-state index in [0.29, 0.717) is 6.54 Å². The van der Waals surface area contributed by atoms with Crippen LogP contribution in [0.2, 0.25) is 0 Å². The molecule has 1 aliphatic carbocycles. The van der Waals surface area contributed by atoms with E-state index in [1.165, 1.54) is 0 Å². The van der Waals surface area contributed by atoms with Gasteiger partial charge in [-0.3, -0.25) is 9.78 Å². The van der Waals surface area contributed by atoms with Gasteiger partial charge in [0.25, 0.3) is 0 Å². The summed E-state index contributed by atoms with van der Waals surface area (Å²) in [4.78, 5) is 17.5. The van der Waals surface area contributed by atoms with E-state index in [-0.39, 0.29) is 17.9 Å². The van der Waals surface area contributed by atoms with Crippen molar-refractivity contribution < 1.29 is 4.79 Å². The van der Waals surface area contributed by atoms with E-state index < -0.39 is 0 Å². The summed E-state index contributed by atoms with van der Waals surface area (Å²) in [6.07, 6.45) is 4.33. The van der Waals surface area contributed by atoms with E-state index in [1.807, 2.05) is 12.1 Å². The number of amides is 1. The Morgan fingerprint density at radius 3 is 3.00 bits per heavy atom. The van der Waals surface area contributed by atoms with Gasteiger partial charge in [-0.25, -0.2) is 0 Å². The van der Waals surface area contributed by atoms with E-state index in [1.54, 1.807) is 24.3 Å². The smallest absolute Gasteiger partial charge is 0.227 e. The molecule has 2 unspecified atom stereocenters. The van der Waals surface area contributed by atoms with Crippen LogP contribution >= 0.6 is 0 Å². The molecule has 2 rings (SSSR count). The number of carbonyl (C=O) groups is 1. The first-order valence-corrected chi connectivity index (χ1v) is 5.08. The average Bonchev–Trinajstić information content (AvgIpc) is 2.96. The van der Waals surface area contributed by atoms with Gasteiger partial charge in [-0.2, -0.15) is 0 Å². The molecule has 80 valence electrons. The normalized spacial score (nSPS) is 23.6. The van der Waals surface area contributed by atoms with E-state index in [2.05, 4.69) is 4.98 Å². The highest BCUT2D eigenvalue weighted by atomic mass is 16.2. The molecule has 1 aromatic heterocycles. The molecule has 0 spiro atoms. The van der Waals surface area contributed by atoms with Crippen molar-refractivity contribution in [1.29, 1.82) is 0 Å². The second kappa shape index (κ2) is 3.98. The predicted octanol–water partition coefficient (Wildman–Crippen LogP) is 0.387. The van der Waals surface area contributed by atoms with Crippen molar-refractivity contribution in [3.63, 3.8) is 0 Å². The SMILES string of the molecule is CN(Cc1cccnc1)C(=O)C1CC1N. The fraction of sp³-hybridized carbons (Fsp3) is 0.455. The zero-order valence-electron chi connectivity index (χ0n) is 8.76. The van der Waals surface area contributed by atoms with Gasteiger partial charge in [-0.15, -0.1) is 0 Å². The highest BCUT2D eigenvalue weighted by Crippen LogP contribution is 2.29. The van der Waals surface area contributed by atoms with Gasteiger partial charge in [0.1, 0.15) is 0 Å². The first-order chi connectivity index (χ1) is 7.18. The van der Waals surface area contributed by atoms with Crippen LogP contribution in [-0.2, 0) is 11.3 Å². The molecule has 0 aromatic carbocycles. The largest absolute Gasteiger partial charge is 0.341 e. The molecule has 0 saturated heterocycles. The monoisotopic (exact) mass is 205 g/mol. The van der Waals surface area contributed by atoms with Crippen molar-refractivity contribution in [1.82, 2.24) is 9.88 Å². The Labute approximate surface area is 89.1 Å². The lowest BCUT2D eigenvalue weighted by Gasteiger charge is -2.16. The number of pyridine rings is 1. The fourth-order valence-electron chi connectivity index (χ4n) is 1.63. The molecule has 15 heavy (non-hydrogen) atoms. The van der Waals surface area contributed by atoms with Gasteiger partial charge in [-0.1, -0.05) is 6.07 Å². The molecule has 2 atom stereocenters. The predicted molar refractivity (Wildman–Crippen MR) is 56.8 cm³/mol. The maximum absolute atomic E-state index is 11.7. The van der Waals surface area contributed by atoms with Crippen LogP contribution in [-0.4, -0.2) is 28.9 Å². The third-order valence-corrected chi connectivity index (χ3v) is 2.68. The number of nitrogens with zero attached hydrogens (tertiary/aromatic N) is 2. The molecule has 0 bridgehead atoms. The summed E-state index contributed by atoms with van der Waals surface area (Å²) in [6, 6.07) is 3.91. The Morgan fingerprint density at radius 1 is 1.73 bits per heavy atom. The van der Waals surface area contributed by atoms with Crippen LogP contribution in [0.1, 0.15) is 12.0 Å². The molecule has 1 aromatic rings. The topological polar surface area (TPSA) is 59.2 Å². The molecule has 4 heteroatoms. The third-order valence-electron chi connectivity index (χ3n) is 2.68. The van der Waals surface area contributed by atoms with E-state index in [0.717, 1.165) is 12.0 Å². The molecule has 1 heterocycles. The Kier molecular flexibility index (Phi) is 2.68. The minimum atomic E-state index is 0.0478. The highest BCUT2D eigenvalue weighted by molar-refractivity contribution is 5.82. The number of hydrogen-bond donors (Lipinski definition) is 1. The summed E-state index contributed by atoms with van der Waals surface area (Å²) in [5, 5.41) is 0. The molecular formula is C11H15N3O. The summed E-state index contributed by atoms with van der Waals surface area (Å²) in [6.45, 7) is 0.607. The maximum atomic E-state index is 11.7. The van der Waals surface area contributed by atoms with Crippen LogP contribution in [0.4, 0.5) is 0 Å². The highest BCUT2D eigenvalue weighted by Gasteiger charge is 2.41. The summed E-state index contributed by atoms with van der Waals surface area (Å²) >= 11 is 0. The van der Waals surface area contributed by atoms with Crippen LogP contribution in [0, 0.1) is 5.92 Å². The van der Waals surface area contributed by atoms with Crippen LogP contribution in [0.3, 0.4) is 0 Å².